The van der Waals surface area contributed by atoms with Crippen LogP contribution in [0.25, 0.3) is 0 Å². The first-order chi connectivity index (χ1) is 12.1. The zero-order chi connectivity index (χ0) is 17.6. The quantitative estimate of drug-likeness (QED) is 0.735. The third-order valence-electron chi connectivity index (χ3n) is 3.32. The molecule has 0 aliphatic carbocycles. The molecule has 6 nitrogen and oxygen atoms in total. The van der Waals surface area contributed by atoms with Crippen molar-refractivity contribution in [2.75, 3.05) is 5.32 Å². The number of pyridine rings is 2. The third kappa shape index (κ3) is 4.45. The summed E-state index contributed by atoms with van der Waals surface area (Å²) < 4.78 is 5.49. The van der Waals surface area contributed by atoms with Crippen molar-refractivity contribution in [2.24, 2.45) is 0 Å². The number of hydrogen-bond acceptors (Lipinski definition) is 4. The van der Waals surface area contributed by atoms with Gasteiger partial charge in [0.1, 0.15) is 12.3 Å². The lowest BCUT2D eigenvalue weighted by Crippen LogP contribution is -2.17. The maximum absolute atomic E-state index is 12.1. The van der Waals surface area contributed by atoms with Gasteiger partial charge < -0.3 is 15.0 Å². The van der Waals surface area contributed by atoms with E-state index in [0.717, 1.165) is 5.56 Å². The van der Waals surface area contributed by atoms with Gasteiger partial charge in [0.2, 0.25) is 5.43 Å². The SMILES string of the molecule is O=C(Nc1cccnc1)c1cc(=O)c(OCc2cccc(Cl)c2)c[nH]1. The van der Waals surface area contributed by atoms with Gasteiger partial charge in [0.05, 0.1) is 11.9 Å². The minimum atomic E-state index is -0.438. The zero-order valence-electron chi connectivity index (χ0n) is 13.0. The molecule has 2 N–H and O–H groups in total. The van der Waals surface area contributed by atoms with Gasteiger partial charge in [0, 0.05) is 23.5 Å². The van der Waals surface area contributed by atoms with E-state index in [9.17, 15) is 9.59 Å². The van der Waals surface area contributed by atoms with Crippen molar-refractivity contribution < 1.29 is 9.53 Å². The molecule has 2 heterocycles. The summed E-state index contributed by atoms with van der Waals surface area (Å²) in [4.78, 5) is 30.9. The van der Waals surface area contributed by atoms with E-state index in [1.54, 1.807) is 36.5 Å². The van der Waals surface area contributed by atoms with E-state index in [-0.39, 0.29) is 18.1 Å². The molecule has 0 unspecified atom stereocenters. The minimum Gasteiger partial charge on any atom is -0.483 e. The second kappa shape index (κ2) is 7.63. The number of amides is 1. The zero-order valence-corrected chi connectivity index (χ0v) is 13.8. The van der Waals surface area contributed by atoms with Gasteiger partial charge in [-0.15, -0.1) is 0 Å². The molecule has 0 aliphatic rings. The molecule has 0 saturated carbocycles. The predicted octanol–water partition coefficient (Wildman–Crippen LogP) is 3.25. The second-order valence-electron chi connectivity index (χ2n) is 5.19. The van der Waals surface area contributed by atoms with Gasteiger partial charge in [-0.05, 0) is 29.8 Å². The van der Waals surface area contributed by atoms with Crippen LogP contribution < -0.4 is 15.5 Å². The van der Waals surface area contributed by atoms with Crippen molar-refractivity contribution in [3.63, 3.8) is 0 Å². The molecule has 2 aromatic heterocycles. The third-order valence-corrected chi connectivity index (χ3v) is 3.56. The smallest absolute Gasteiger partial charge is 0.272 e. The highest BCUT2D eigenvalue weighted by molar-refractivity contribution is 6.30. The molecular formula is C18H14ClN3O3. The lowest BCUT2D eigenvalue weighted by Gasteiger charge is -2.08. The van der Waals surface area contributed by atoms with Crippen LogP contribution in [0.3, 0.4) is 0 Å². The van der Waals surface area contributed by atoms with E-state index < -0.39 is 11.3 Å². The van der Waals surface area contributed by atoms with Gasteiger partial charge in [-0.3, -0.25) is 14.6 Å². The molecule has 0 spiro atoms. The highest BCUT2D eigenvalue weighted by Gasteiger charge is 2.10. The average molecular weight is 356 g/mol. The minimum absolute atomic E-state index is 0.123. The Morgan fingerprint density at radius 3 is 2.84 bits per heavy atom. The summed E-state index contributed by atoms with van der Waals surface area (Å²) in [5.41, 5.74) is 1.11. The number of hydrogen-bond donors (Lipinski definition) is 2. The Balaban J connectivity index is 1.68. The molecule has 0 saturated heterocycles. The van der Waals surface area contributed by atoms with E-state index in [1.807, 2.05) is 6.07 Å². The summed E-state index contributed by atoms with van der Waals surface area (Å²) in [5.74, 6) is -0.315. The Kier molecular flexibility index (Phi) is 5.11. The largest absolute Gasteiger partial charge is 0.483 e. The van der Waals surface area contributed by atoms with Crippen LogP contribution in [0.1, 0.15) is 16.1 Å². The van der Waals surface area contributed by atoms with E-state index in [4.69, 9.17) is 16.3 Å². The fraction of sp³-hybridized carbons (Fsp3) is 0.0556. The van der Waals surface area contributed by atoms with Crippen molar-refractivity contribution in [1.29, 1.82) is 0 Å². The fourth-order valence-corrected chi connectivity index (χ4v) is 2.34. The van der Waals surface area contributed by atoms with Crippen LogP contribution >= 0.6 is 11.6 Å². The van der Waals surface area contributed by atoms with Crippen molar-refractivity contribution in [2.45, 2.75) is 6.61 Å². The van der Waals surface area contributed by atoms with Crippen LogP contribution in [-0.2, 0) is 6.61 Å². The number of aromatic amines is 1. The lowest BCUT2D eigenvalue weighted by atomic mass is 10.2. The molecule has 3 aromatic rings. The maximum atomic E-state index is 12.1. The molecule has 0 bridgehead atoms. The molecule has 126 valence electrons. The number of nitrogens with zero attached hydrogens (tertiary/aromatic N) is 1. The number of rotatable bonds is 5. The first kappa shape index (κ1) is 16.7. The molecule has 1 amide bonds. The Bertz CT molecular complexity index is 942. The summed E-state index contributed by atoms with van der Waals surface area (Å²) in [6.45, 7) is 0.199. The molecule has 0 fully saturated rings. The van der Waals surface area contributed by atoms with Crippen LogP contribution in [0.5, 0.6) is 5.75 Å². The number of H-pyrrole nitrogens is 1. The first-order valence-electron chi connectivity index (χ1n) is 7.43. The van der Waals surface area contributed by atoms with E-state index in [1.165, 1.54) is 18.5 Å². The number of halogens is 1. The summed E-state index contributed by atoms with van der Waals surface area (Å²) in [5, 5.41) is 3.24. The van der Waals surface area contributed by atoms with Crippen molar-refractivity contribution >= 4 is 23.2 Å². The van der Waals surface area contributed by atoms with E-state index in [2.05, 4.69) is 15.3 Å². The lowest BCUT2D eigenvalue weighted by molar-refractivity contribution is 0.102. The van der Waals surface area contributed by atoms with Gasteiger partial charge >= 0.3 is 0 Å². The van der Waals surface area contributed by atoms with E-state index in [0.29, 0.717) is 10.7 Å². The topological polar surface area (TPSA) is 84.1 Å². The number of carbonyl (C=O) groups excluding carboxylic acids is 1. The number of carbonyl (C=O) groups is 1. The van der Waals surface area contributed by atoms with Gasteiger partial charge in [-0.2, -0.15) is 0 Å². The molecule has 7 heteroatoms. The Morgan fingerprint density at radius 1 is 1.24 bits per heavy atom. The van der Waals surface area contributed by atoms with Crippen LogP contribution in [0, 0.1) is 0 Å². The van der Waals surface area contributed by atoms with Gasteiger partial charge in [-0.1, -0.05) is 23.7 Å². The molecule has 25 heavy (non-hydrogen) atoms. The van der Waals surface area contributed by atoms with Gasteiger partial charge in [0.25, 0.3) is 5.91 Å². The van der Waals surface area contributed by atoms with Crippen LogP contribution in [0.2, 0.25) is 5.02 Å². The molecule has 0 atom stereocenters. The number of benzene rings is 1. The summed E-state index contributed by atoms with van der Waals surface area (Å²) >= 11 is 5.91. The highest BCUT2D eigenvalue weighted by atomic mass is 35.5. The van der Waals surface area contributed by atoms with Crippen molar-refractivity contribution in [3.8, 4) is 5.75 Å². The Labute approximate surface area is 148 Å². The normalized spacial score (nSPS) is 10.3. The van der Waals surface area contributed by atoms with Crippen LogP contribution in [-0.4, -0.2) is 15.9 Å². The van der Waals surface area contributed by atoms with Crippen molar-refractivity contribution in [3.05, 3.63) is 87.6 Å². The van der Waals surface area contributed by atoms with Crippen LogP contribution in [0.4, 0.5) is 5.69 Å². The van der Waals surface area contributed by atoms with Gasteiger partial charge in [-0.25, -0.2) is 0 Å². The Morgan fingerprint density at radius 2 is 2.12 bits per heavy atom. The van der Waals surface area contributed by atoms with Crippen LogP contribution in [0.15, 0.2) is 65.8 Å². The molecule has 1 aromatic carbocycles. The summed E-state index contributed by atoms with van der Waals surface area (Å²) in [6.07, 6.45) is 4.48. The monoisotopic (exact) mass is 355 g/mol. The number of anilines is 1. The summed E-state index contributed by atoms with van der Waals surface area (Å²) in [6, 6.07) is 11.8. The predicted molar refractivity (Wildman–Crippen MR) is 95.0 cm³/mol. The van der Waals surface area contributed by atoms with Crippen molar-refractivity contribution in [1.82, 2.24) is 9.97 Å². The maximum Gasteiger partial charge on any atom is 0.272 e. The molecule has 3 rings (SSSR count). The molecule has 0 aliphatic heterocycles. The number of nitrogens with one attached hydrogen (secondary N) is 2. The second-order valence-corrected chi connectivity index (χ2v) is 5.63. The van der Waals surface area contributed by atoms with E-state index >= 15 is 0 Å². The highest BCUT2D eigenvalue weighted by Crippen LogP contribution is 2.13. The number of ether oxygens (including phenoxy) is 1. The first-order valence-corrected chi connectivity index (χ1v) is 7.81. The molecular weight excluding hydrogens is 342 g/mol. The standard InChI is InChI=1S/C18H14ClN3O3/c19-13-4-1-3-12(7-13)11-25-17-10-21-15(8-16(17)23)18(24)22-14-5-2-6-20-9-14/h1-10H,11H2,(H,21,23)(H,22,24). The summed E-state index contributed by atoms with van der Waals surface area (Å²) in [7, 11) is 0. The average Bonchev–Trinajstić information content (AvgIpc) is 2.61. The van der Waals surface area contributed by atoms with Gasteiger partial charge in [0.15, 0.2) is 5.75 Å². The number of aromatic nitrogens is 2. The molecule has 0 radical (unpaired) electrons. The fourth-order valence-electron chi connectivity index (χ4n) is 2.13. The Hall–Kier alpha value is -3.12.